The quantitative estimate of drug-likeness (QED) is 0.169. The molecule has 0 fully saturated rings. The van der Waals surface area contributed by atoms with E-state index in [4.69, 9.17) is 11.5 Å². The van der Waals surface area contributed by atoms with E-state index in [0.717, 1.165) is 71.2 Å². The van der Waals surface area contributed by atoms with Gasteiger partial charge < -0.3 is 32.7 Å². The van der Waals surface area contributed by atoms with Gasteiger partial charge in [0.1, 0.15) is 0 Å². The average molecular weight is 429 g/mol. The smallest absolute Gasteiger partial charge is 0.236 e. The molecule has 1 atom stereocenters. The second-order valence-electron chi connectivity index (χ2n) is 9.18. The minimum Gasteiger partial charge on any atom is -0.356 e. The van der Waals surface area contributed by atoms with Crippen LogP contribution in [0.5, 0.6) is 0 Å². The number of hydrogen-bond donors (Lipinski definition) is 6. The van der Waals surface area contributed by atoms with Crippen LogP contribution < -0.4 is 32.7 Å². The maximum absolute atomic E-state index is 12.0. The van der Waals surface area contributed by atoms with Crippen LogP contribution in [0, 0.1) is 5.41 Å². The summed E-state index contributed by atoms with van der Waals surface area (Å²) >= 11 is 0. The van der Waals surface area contributed by atoms with Gasteiger partial charge in [0.15, 0.2) is 0 Å². The van der Waals surface area contributed by atoms with Gasteiger partial charge in [-0.25, -0.2) is 0 Å². The van der Waals surface area contributed by atoms with Crippen LogP contribution in [0.15, 0.2) is 0 Å². The predicted molar refractivity (Wildman–Crippen MR) is 125 cm³/mol. The number of unbranched alkanes of at least 4 members (excludes halogenated alkanes) is 2. The molecule has 0 bridgehead atoms. The number of amides is 2. The number of carbonyl (C=O) groups is 2. The molecule has 0 aromatic rings. The molecule has 30 heavy (non-hydrogen) atoms. The summed E-state index contributed by atoms with van der Waals surface area (Å²) in [6.45, 7) is 12.1. The van der Waals surface area contributed by atoms with Gasteiger partial charge in [-0.2, -0.15) is 0 Å². The van der Waals surface area contributed by atoms with Crippen molar-refractivity contribution in [2.45, 2.75) is 78.2 Å². The molecule has 8 nitrogen and oxygen atoms in total. The summed E-state index contributed by atoms with van der Waals surface area (Å²) in [5, 5.41) is 12.6. The monoisotopic (exact) mass is 428 g/mol. The Labute approximate surface area is 184 Å². The van der Waals surface area contributed by atoms with Crippen LogP contribution in [0.1, 0.15) is 72.1 Å². The van der Waals surface area contributed by atoms with Crippen LogP contribution in [-0.2, 0) is 9.59 Å². The second kappa shape index (κ2) is 18.5. The van der Waals surface area contributed by atoms with Gasteiger partial charge in [0.05, 0.1) is 6.04 Å². The van der Waals surface area contributed by atoms with Gasteiger partial charge in [-0.3, -0.25) is 9.59 Å². The molecule has 0 rings (SSSR count). The summed E-state index contributed by atoms with van der Waals surface area (Å²) in [5.74, 6) is -0.00681. The maximum atomic E-state index is 12.0. The van der Waals surface area contributed by atoms with E-state index in [2.05, 4.69) is 21.3 Å². The normalized spacial score (nSPS) is 12.6. The van der Waals surface area contributed by atoms with Gasteiger partial charge in [0.2, 0.25) is 11.8 Å². The highest BCUT2D eigenvalue weighted by Gasteiger charge is 2.15. The topological polar surface area (TPSA) is 134 Å². The Morgan fingerprint density at radius 2 is 1.30 bits per heavy atom. The maximum Gasteiger partial charge on any atom is 0.236 e. The van der Waals surface area contributed by atoms with Gasteiger partial charge >= 0.3 is 0 Å². The summed E-state index contributed by atoms with van der Waals surface area (Å²) in [7, 11) is 0. The van der Waals surface area contributed by atoms with E-state index < -0.39 is 6.04 Å². The molecular formula is C22H48N6O2. The standard InChI is InChI=1S/C22H48N6O2/c1-22(2,3)18-20(29)27-16-5-4-10-19(24)21(30)28-17-9-15-26-13-7-6-12-25-14-8-11-23/h19,25-26H,4-18,23-24H2,1-3H3,(H,27,29)(H,28,30). The van der Waals surface area contributed by atoms with E-state index in [9.17, 15) is 9.59 Å². The molecule has 0 aliphatic rings. The molecule has 0 aromatic heterocycles. The van der Waals surface area contributed by atoms with Crippen molar-refractivity contribution in [3.8, 4) is 0 Å². The number of carbonyl (C=O) groups excluding carboxylic acids is 2. The zero-order valence-electron chi connectivity index (χ0n) is 19.7. The first-order valence-electron chi connectivity index (χ1n) is 11.7. The molecular weight excluding hydrogens is 380 g/mol. The molecule has 0 saturated carbocycles. The third-order valence-corrected chi connectivity index (χ3v) is 4.64. The van der Waals surface area contributed by atoms with Crippen molar-refractivity contribution in [1.29, 1.82) is 0 Å². The van der Waals surface area contributed by atoms with Crippen molar-refractivity contribution in [3.63, 3.8) is 0 Å². The molecule has 0 aliphatic heterocycles. The Morgan fingerprint density at radius 1 is 0.767 bits per heavy atom. The van der Waals surface area contributed by atoms with Crippen LogP contribution in [0.2, 0.25) is 0 Å². The van der Waals surface area contributed by atoms with Gasteiger partial charge in [0, 0.05) is 19.5 Å². The lowest BCUT2D eigenvalue weighted by molar-refractivity contribution is -0.123. The number of nitrogens with two attached hydrogens (primary N) is 2. The highest BCUT2D eigenvalue weighted by atomic mass is 16.2. The van der Waals surface area contributed by atoms with Crippen LogP contribution in [0.3, 0.4) is 0 Å². The Kier molecular flexibility index (Phi) is 17.8. The van der Waals surface area contributed by atoms with Gasteiger partial charge in [0.25, 0.3) is 0 Å². The largest absolute Gasteiger partial charge is 0.356 e. The Balaban J connectivity index is 3.47. The summed E-state index contributed by atoms with van der Waals surface area (Å²) in [5.41, 5.74) is 11.4. The van der Waals surface area contributed by atoms with Crippen LogP contribution in [0.4, 0.5) is 0 Å². The first kappa shape index (κ1) is 28.8. The molecule has 1 unspecified atom stereocenters. The van der Waals surface area contributed by atoms with E-state index in [1.807, 2.05) is 20.8 Å². The molecule has 0 aromatic carbocycles. The first-order valence-corrected chi connectivity index (χ1v) is 11.7. The summed E-state index contributed by atoms with van der Waals surface area (Å²) in [4.78, 5) is 23.8. The molecule has 0 heterocycles. The van der Waals surface area contributed by atoms with E-state index in [1.165, 1.54) is 0 Å². The molecule has 178 valence electrons. The lowest BCUT2D eigenvalue weighted by Gasteiger charge is -2.17. The van der Waals surface area contributed by atoms with Gasteiger partial charge in [-0.1, -0.05) is 20.8 Å². The minimum absolute atomic E-state index is 0.00190. The van der Waals surface area contributed by atoms with Gasteiger partial charge in [-0.15, -0.1) is 0 Å². The fraction of sp³-hybridized carbons (Fsp3) is 0.909. The Bertz CT molecular complexity index is 440. The number of rotatable bonds is 19. The van der Waals surface area contributed by atoms with Crippen LogP contribution in [0.25, 0.3) is 0 Å². The molecule has 0 saturated heterocycles. The van der Waals surface area contributed by atoms with Crippen molar-refractivity contribution < 1.29 is 9.59 Å². The zero-order chi connectivity index (χ0) is 22.7. The Morgan fingerprint density at radius 3 is 1.90 bits per heavy atom. The summed E-state index contributed by atoms with van der Waals surface area (Å²) in [6.07, 6.45) is 7.05. The van der Waals surface area contributed by atoms with Crippen molar-refractivity contribution >= 4 is 11.8 Å². The highest BCUT2D eigenvalue weighted by Crippen LogP contribution is 2.17. The molecule has 2 amide bonds. The number of nitrogens with one attached hydrogen (secondary N) is 4. The third kappa shape index (κ3) is 20.1. The fourth-order valence-electron chi connectivity index (χ4n) is 2.93. The van der Waals surface area contributed by atoms with E-state index in [-0.39, 0.29) is 17.2 Å². The van der Waals surface area contributed by atoms with Crippen molar-refractivity contribution in [2.24, 2.45) is 16.9 Å². The number of hydrogen-bond acceptors (Lipinski definition) is 6. The van der Waals surface area contributed by atoms with Crippen LogP contribution in [-0.4, -0.2) is 63.7 Å². The summed E-state index contributed by atoms with van der Waals surface area (Å²) < 4.78 is 0. The molecule has 0 aliphatic carbocycles. The molecule has 8 N–H and O–H groups in total. The van der Waals surface area contributed by atoms with Crippen molar-refractivity contribution in [3.05, 3.63) is 0 Å². The lowest BCUT2D eigenvalue weighted by Crippen LogP contribution is -2.41. The zero-order valence-corrected chi connectivity index (χ0v) is 19.7. The highest BCUT2D eigenvalue weighted by molar-refractivity contribution is 5.81. The second-order valence-corrected chi connectivity index (χ2v) is 9.18. The predicted octanol–water partition coefficient (Wildman–Crippen LogP) is 0.851. The van der Waals surface area contributed by atoms with E-state index in [0.29, 0.717) is 25.9 Å². The third-order valence-electron chi connectivity index (χ3n) is 4.64. The molecule has 0 spiro atoms. The van der Waals surface area contributed by atoms with E-state index >= 15 is 0 Å². The summed E-state index contributed by atoms with van der Waals surface area (Å²) in [6, 6.07) is -0.477. The van der Waals surface area contributed by atoms with E-state index in [1.54, 1.807) is 0 Å². The first-order chi connectivity index (χ1) is 14.3. The van der Waals surface area contributed by atoms with Crippen LogP contribution >= 0.6 is 0 Å². The van der Waals surface area contributed by atoms with Crippen molar-refractivity contribution in [2.75, 3.05) is 45.8 Å². The Hall–Kier alpha value is -1.22. The lowest BCUT2D eigenvalue weighted by atomic mass is 9.92. The fourth-order valence-corrected chi connectivity index (χ4v) is 2.93. The average Bonchev–Trinajstić information content (AvgIpc) is 2.66. The minimum atomic E-state index is -0.477. The SMILES string of the molecule is CC(C)(C)CC(=O)NCCCCC(N)C(=O)NCCCNCCCCNCCCN. The van der Waals surface area contributed by atoms with Crippen molar-refractivity contribution in [1.82, 2.24) is 21.3 Å². The van der Waals surface area contributed by atoms with Gasteiger partial charge in [-0.05, 0) is 83.1 Å². The molecule has 8 heteroatoms. The molecule has 0 radical (unpaired) electrons.